The van der Waals surface area contributed by atoms with Crippen LogP contribution in [0.3, 0.4) is 0 Å². The molecule has 0 aliphatic rings. The molecule has 5 nitrogen and oxygen atoms in total. The van der Waals surface area contributed by atoms with Crippen molar-refractivity contribution in [1.29, 1.82) is 0 Å². The fraction of sp³-hybridized carbons (Fsp3) is 0.467. The van der Waals surface area contributed by atoms with E-state index in [-0.39, 0.29) is 12.4 Å². The second-order valence-corrected chi connectivity index (χ2v) is 5.62. The van der Waals surface area contributed by atoms with Crippen LogP contribution >= 0.6 is 0 Å². The van der Waals surface area contributed by atoms with E-state index < -0.39 is 24.5 Å². The molecule has 0 aliphatic heterocycles. The number of alkyl carbamates (subject to hydrolysis) is 1. The summed E-state index contributed by atoms with van der Waals surface area (Å²) in [5.74, 6) is -0.105. The van der Waals surface area contributed by atoms with Crippen LogP contribution in [-0.4, -0.2) is 36.0 Å². The van der Waals surface area contributed by atoms with Gasteiger partial charge in [-0.1, -0.05) is 12.2 Å². The molecule has 0 atom stereocenters. The Bertz CT molecular complexity index is 534. The second kappa shape index (κ2) is 7.85. The van der Waals surface area contributed by atoms with Gasteiger partial charge >= 0.3 is 12.3 Å². The minimum absolute atomic E-state index is 0.105. The molecule has 0 saturated heterocycles. The Kier molecular flexibility index (Phi) is 6.41. The van der Waals surface area contributed by atoms with Gasteiger partial charge in [0.05, 0.1) is 0 Å². The summed E-state index contributed by atoms with van der Waals surface area (Å²) < 4.78 is 45.5. The van der Waals surface area contributed by atoms with Crippen LogP contribution in [0.25, 0.3) is 6.08 Å². The van der Waals surface area contributed by atoms with Crippen molar-refractivity contribution < 1.29 is 27.4 Å². The predicted molar refractivity (Wildman–Crippen MR) is 79.1 cm³/mol. The minimum atomic E-state index is -4.40. The first-order chi connectivity index (χ1) is 10.6. The van der Waals surface area contributed by atoms with Gasteiger partial charge in [-0.3, -0.25) is 0 Å². The molecule has 0 aromatic carbocycles. The highest BCUT2D eigenvalue weighted by atomic mass is 19.4. The van der Waals surface area contributed by atoms with E-state index in [4.69, 9.17) is 4.74 Å². The van der Waals surface area contributed by atoms with Gasteiger partial charge in [0.2, 0.25) is 5.88 Å². The summed E-state index contributed by atoms with van der Waals surface area (Å²) in [6.07, 6.45) is -0.227. The fourth-order valence-electron chi connectivity index (χ4n) is 1.38. The van der Waals surface area contributed by atoms with E-state index in [1.807, 2.05) is 0 Å². The number of rotatable bonds is 5. The summed E-state index contributed by atoms with van der Waals surface area (Å²) in [5, 5.41) is 2.54. The molecule has 128 valence electrons. The van der Waals surface area contributed by atoms with Crippen LogP contribution in [0.5, 0.6) is 5.88 Å². The molecule has 1 heterocycles. The van der Waals surface area contributed by atoms with Gasteiger partial charge in [-0.05, 0) is 32.4 Å². The number of nitrogens with zero attached hydrogens (tertiary/aromatic N) is 1. The normalized spacial score (nSPS) is 12.3. The van der Waals surface area contributed by atoms with Crippen LogP contribution in [0.2, 0.25) is 0 Å². The van der Waals surface area contributed by atoms with Gasteiger partial charge in [0, 0.05) is 18.8 Å². The zero-order chi connectivity index (χ0) is 17.5. The highest BCUT2D eigenvalue weighted by Gasteiger charge is 2.28. The average molecular weight is 332 g/mol. The number of aromatic nitrogens is 1. The molecule has 1 N–H and O–H groups in total. The Morgan fingerprint density at radius 1 is 1.30 bits per heavy atom. The van der Waals surface area contributed by atoms with E-state index in [2.05, 4.69) is 15.0 Å². The zero-order valence-corrected chi connectivity index (χ0v) is 13.1. The lowest BCUT2D eigenvalue weighted by Gasteiger charge is -2.19. The molecule has 1 rings (SSSR count). The van der Waals surface area contributed by atoms with E-state index in [1.165, 1.54) is 12.3 Å². The highest BCUT2D eigenvalue weighted by molar-refractivity contribution is 5.68. The molecular weight excluding hydrogens is 313 g/mol. The van der Waals surface area contributed by atoms with E-state index >= 15 is 0 Å². The molecule has 0 aliphatic carbocycles. The van der Waals surface area contributed by atoms with Crippen LogP contribution in [0, 0.1) is 0 Å². The SMILES string of the molecule is CC(C)(C)OC(=O)NCC=Cc1ccc(OCC(F)(F)F)nc1. The quantitative estimate of drug-likeness (QED) is 0.895. The molecule has 23 heavy (non-hydrogen) atoms. The number of hydrogen-bond donors (Lipinski definition) is 1. The number of halogens is 3. The van der Waals surface area contributed by atoms with Gasteiger partial charge in [0.15, 0.2) is 6.61 Å². The number of amides is 1. The van der Waals surface area contributed by atoms with Crippen molar-refractivity contribution >= 4 is 12.2 Å². The Morgan fingerprint density at radius 3 is 2.52 bits per heavy atom. The van der Waals surface area contributed by atoms with Crippen molar-refractivity contribution in [3.63, 3.8) is 0 Å². The summed E-state index contributed by atoms with van der Waals surface area (Å²) in [7, 11) is 0. The third-order valence-electron chi connectivity index (χ3n) is 2.22. The van der Waals surface area contributed by atoms with E-state index in [9.17, 15) is 18.0 Å². The highest BCUT2D eigenvalue weighted by Crippen LogP contribution is 2.17. The van der Waals surface area contributed by atoms with Gasteiger partial charge in [0.1, 0.15) is 5.60 Å². The minimum Gasteiger partial charge on any atom is -0.468 e. The first-order valence-corrected chi connectivity index (χ1v) is 6.84. The lowest BCUT2D eigenvalue weighted by Crippen LogP contribution is -2.32. The molecule has 1 aromatic heterocycles. The van der Waals surface area contributed by atoms with Crippen LogP contribution in [0.1, 0.15) is 26.3 Å². The van der Waals surface area contributed by atoms with Crippen molar-refractivity contribution in [3.8, 4) is 5.88 Å². The lowest BCUT2D eigenvalue weighted by molar-refractivity contribution is -0.154. The molecule has 0 spiro atoms. The molecule has 0 radical (unpaired) electrons. The molecule has 1 aromatic rings. The summed E-state index contributed by atoms with van der Waals surface area (Å²) >= 11 is 0. The predicted octanol–water partition coefficient (Wildman–Crippen LogP) is 3.56. The molecule has 0 saturated carbocycles. The number of nitrogens with one attached hydrogen (secondary N) is 1. The zero-order valence-electron chi connectivity index (χ0n) is 13.1. The number of hydrogen-bond acceptors (Lipinski definition) is 4. The standard InChI is InChI=1S/C15H19F3N2O3/c1-14(2,3)23-13(21)19-8-4-5-11-6-7-12(20-9-11)22-10-15(16,17)18/h4-7,9H,8,10H2,1-3H3,(H,19,21). The number of pyridine rings is 1. The maximum absolute atomic E-state index is 12.0. The molecule has 0 unspecified atom stereocenters. The molecule has 8 heteroatoms. The van der Waals surface area contributed by atoms with Crippen LogP contribution in [-0.2, 0) is 4.74 Å². The van der Waals surface area contributed by atoms with Crippen molar-refractivity contribution in [2.45, 2.75) is 32.5 Å². The Hall–Kier alpha value is -2.25. The molecule has 0 fully saturated rings. The lowest BCUT2D eigenvalue weighted by atomic mass is 10.2. The van der Waals surface area contributed by atoms with E-state index in [1.54, 1.807) is 39.0 Å². The fourth-order valence-corrected chi connectivity index (χ4v) is 1.38. The third-order valence-corrected chi connectivity index (χ3v) is 2.22. The topological polar surface area (TPSA) is 60.5 Å². The van der Waals surface area contributed by atoms with Gasteiger partial charge in [0.25, 0.3) is 0 Å². The molecule has 0 bridgehead atoms. The largest absolute Gasteiger partial charge is 0.468 e. The first kappa shape index (κ1) is 18.8. The van der Waals surface area contributed by atoms with E-state index in [0.717, 1.165) is 0 Å². The summed E-state index contributed by atoms with van der Waals surface area (Å²) in [4.78, 5) is 15.1. The Balaban J connectivity index is 2.39. The van der Waals surface area contributed by atoms with Crippen LogP contribution in [0.4, 0.5) is 18.0 Å². The van der Waals surface area contributed by atoms with Gasteiger partial charge in [-0.25, -0.2) is 9.78 Å². The van der Waals surface area contributed by atoms with Gasteiger partial charge < -0.3 is 14.8 Å². The van der Waals surface area contributed by atoms with Crippen molar-refractivity contribution in [2.75, 3.05) is 13.2 Å². The Labute approximate surface area is 132 Å². The smallest absolute Gasteiger partial charge is 0.422 e. The number of carbonyl (C=O) groups is 1. The Morgan fingerprint density at radius 2 is 2.00 bits per heavy atom. The summed E-state index contributed by atoms with van der Waals surface area (Å²) in [6.45, 7) is 4.15. The number of alkyl halides is 3. The molecule has 1 amide bonds. The van der Waals surface area contributed by atoms with E-state index in [0.29, 0.717) is 5.56 Å². The van der Waals surface area contributed by atoms with Crippen molar-refractivity contribution in [3.05, 3.63) is 30.0 Å². The first-order valence-electron chi connectivity index (χ1n) is 6.84. The average Bonchev–Trinajstić information content (AvgIpc) is 2.40. The maximum Gasteiger partial charge on any atom is 0.422 e. The summed E-state index contributed by atoms with van der Waals surface area (Å²) in [6, 6.07) is 2.90. The number of ether oxygens (including phenoxy) is 2. The summed E-state index contributed by atoms with van der Waals surface area (Å²) in [5.41, 5.74) is 0.0968. The van der Waals surface area contributed by atoms with Crippen LogP contribution < -0.4 is 10.1 Å². The number of carbonyl (C=O) groups excluding carboxylic acids is 1. The van der Waals surface area contributed by atoms with Crippen molar-refractivity contribution in [2.24, 2.45) is 0 Å². The second-order valence-electron chi connectivity index (χ2n) is 5.62. The maximum atomic E-state index is 12.0. The monoisotopic (exact) mass is 332 g/mol. The van der Waals surface area contributed by atoms with Gasteiger partial charge in [-0.2, -0.15) is 13.2 Å². The molecular formula is C15H19F3N2O3. The third kappa shape index (κ3) is 9.38. The van der Waals surface area contributed by atoms with Crippen molar-refractivity contribution in [1.82, 2.24) is 10.3 Å². The van der Waals surface area contributed by atoms with Crippen LogP contribution in [0.15, 0.2) is 24.4 Å². The van der Waals surface area contributed by atoms with Gasteiger partial charge in [-0.15, -0.1) is 0 Å².